The second-order valence-electron chi connectivity index (χ2n) is 5.05. The molecular formula is C10H20Cl2N4O2S. The molecule has 0 saturated carbocycles. The van der Waals surface area contributed by atoms with Gasteiger partial charge in [0.05, 0.1) is 11.2 Å². The molecule has 19 heavy (non-hydrogen) atoms. The van der Waals surface area contributed by atoms with Crippen molar-refractivity contribution in [3.8, 4) is 0 Å². The number of nitrogens with zero attached hydrogens (tertiary/aromatic N) is 3. The fraction of sp³-hybridized carbons (Fsp3) is 0.700. The summed E-state index contributed by atoms with van der Waals surface area (Å²) in [5, 5.41) is 3.96. The van der Waals surface area contributed by atoms with Crippen LogP contribution in [0.5, 0.6) is 0 Å². The minimum absolute atomic E-state index is 0. The van der Waals surface area contributed by atoms with E-state index in [0.29, 0.717) is 13.1 Å². The first-order valence-electron chi connectivity index (χ1n) is 5.46. The van der Waals surface area contributed by atoms with Gasteiger partial charge in [-0.25, -0.2) is 8.42 Å². The van der Waals surface area contributed by atoms with Crippen LogP contribution in [-0.4, -0.2) is 42.6 Å². The van der Waals surface area contributed by atoms with Gasteiger partial charge in [0.2, 0.25) is 0 Å². The van der Waals surface area contributed by atoms with Crippen LogP contribution in [0.3, 0.4) is 0 Å². The number of aryl methyl sites for hydroxylation is 1. The third-order valence-electron chi connectivity index (χ3n) is 2.70. The van der Waals surface area contributed by atoms with E-state index in [0.717, 1.165) is 0 Å². The highest BCUT2D eigenvalue weighted by Gasteiger charge is 2.31. The summed E-state index contributed by atoms with van der Waals surface area (Å²) in [6, 6.07) is 0. The third-order valence-corrected chi connectivity index (χ3v) is 5.01. The minimum Gasteiger partial charge on any atom is -0.330 e. The zero-order chi connectivity index (χ0) is 14.1. The summed E-state index contributed by atoms with van der Waals surface area (Å²) in [7, 11) is -0.602. The first-order valence-corrected chi connectivity index (χ1v) is 7.27. The van der Waals surface area contributed by atoms with E-state index in [1.165, 1.54) is 22.2 Å². The van der Waals surface area contributed by atoms with Gasteiger partial charge in [0.1, 0.15) is 0 Å². The standard InChI is InChI=1S/C10H19ClN4O2S.ClH/c1-10(2,6-12)7-14(3)18(16,17)9-8(11)5-13-15(9)4;/h5H,6-7,12H2,1-4H3;1H. The molecule has 1 aromatic rings. The predicted molar refractivity (Wildman–Crippen MR) is 78.1 cm³/mol. The van der Waals surface area contributed by atoms with Crippen molar-refractivity contribution in [2.45, 2.75) is 18.9 Å². The number of hydrogen-bond donors (Lipinski definition) is 1. The Hall–Kier alpha value is -0.340. The number of halogens is 2. The fourth-order valence-corrected chi connectivity index (χ4v) is 3.54. The second-order valence-corrected chi connectivity index (χ2v) is 7.42. The van der Waals surface area contributed by atoms with Crippen molar-refractivity contribution in [3.05, 3.63) is 11.2 Å². The number of rotatable bonds is 5. The van der Waals surface area contributed by atoms with Crippen molar-refractivity contribution >= 4 is 34.0 Å². The quantitative estimate of drug-likeness (QED) is 0.876. The van der Waals surface area contributed by atoms with Crippen LogP contribution in [0.1, 0.15) is 13.8 Å². The average Bonchev–Trinajstić information content (AvgIpc) is 2.58. The van der Waals surface area contributed by atoms with Gasteiger partial charge in [-0.3, -0.25) is 4.68 Å². The van der Waals surface area contributed by atoms with E-state index in [1.807, 2.05) is 13.8 Å². The van der Waals surface area contributed by atoms with Gasteiger partial charge in [0.25, 0.3) is 10.0 Å². The SMILES string of the molecule is CN(CC(C)(C)CN)S(=O)(=O)c1c(Cl)cnn1C.Cl. The zero-order valence-electron chi connectivity index (χ0n) is 11.4. The Bertz CT molecular complexity index is 508. The number of hydrogen-bond acceptors (Lipinski definition) is 4. The van der Waals surface area contributed by atoms with E-state index in [9.17, 15) is 8.42 Å². The molecule has 0 aromatic carbocycles. The average molecular weight is 331 g/mol. The highest BCUT2D eigenvalue weighted by atomic mass is 35.5. The minimum atomic E-state index is -3.65. The van der Waals surface area contributed by atoms with Crippen LogP contribution < -0.4 is 5.73 Å². The molecule has 1 aromatic heterocycles. The molecule has 0 spiro atoms. The van der Waals surface area contributed by atoms with Gasteiger partial charge in [0, 0.05) is 20.6 Å². The maximum Gasteiger partial charge on any atom is 0.261 e. The van der Waals surface area contributed by atoms with Gasteiger partial charge in [0.15, 0.2) is 5.03 Å². The lowest BCUT2D eigenvalue weighted by atomic mass is 9.94. The molecule has 1 rings (SSSR count). The Labute approximate surface area is 125 Å². The normalized spacial score (nSPS) is 12.6. The Balaban J connectivity index is 0.00000324. The molecule has 0 amide bonds. The maximum absolute atomic E-state index is 12.4. The highest BCUT2D eigenvalue weighted by Crippen LogP contribution is 2.25. The molecular weight excluding hydrogens is 311 g/mol. The van der Waals surface area contributed by atoms with Crippen molar-refractivity contribution in [1.82, 2.24) is 14.1 Å². The first-order chi connectivity index (χ1) is 8.12. The van der Waals surface area contributed by atoms with E-state index < -0.39 is 10.0 Å². The van der Waals surface area contributed by atoms with Crippen LogP contribution in [-0.2, 0) is 17.1 Å². The van der Waals surface area contributed by atoms with Gasteiger partial charge in [-0.2, -0.15) is 9.40 Å². The molecule has 0 radical (unpaired) electrons. The van der Waals surface area contributed by atoms with E-state index in [1.54, 1.807) is 7.05 Å². The largest absolute Gasteiger partial charge is 0.330 e. The lowest BCUT2D eigenvalue weighted by Crippen LogP contribution is -2.40. The second kappa shape index (κ2) is 6.41. The monoisotopic (exact) mass is 330 g/mol. The van der Waals surface area contributed by atoms with E-state index >= 15 is 0 Å². The Morgan fingerprint density at radius 3 is 2.42 bits per heavy atom. The van der Waals surface area contributed by atoms with Gasteiger partial charge in [-0.05, 0) is 12.0 Å². The molecule has 9 heteroatoms. The van der Waals surface area contributed by atoms with E-state index in [-0.39, 0.29) is 27.9 Å². The van der Waals surface area contributed by atoms with Crippen LogP contribution in [0.15, 0.2) is 11.2 Å². The van der Waals surface area contributed by atoms with Crippen molar-refractivity contribution in [2.24, 2.45) is 18.2 Å². The van der Waals surface area contributed by atoms with Crippen LogP contribution >= 0.6 is 24.0 Å². The molecule has 112 valence electrons. The van der Waals surface area contributed by atoms with Gasteiger partial charge < -0.3 is 5.73 Å². The molecule has 2 N–H and O–H groups in total. The lowest BCUT2D eigenvalue weighted by Gasteiger charge is -2.28. The molecule has 0 atom stereocenters. The van der Waals surface area contributed by atoms with Gasteiger partial charge >= 0.3 is 0 Å². The molecule has 0 saturated heterocycles. The van der Waals surface area contributed by atoms with Crippen LogP contribution in [0.4, 0.5) is 0 Å². The maximum atomic E-state index is 12.4. The number of nitrogens with two attached hydrogens (primary N) is 1. The van der Waals surface area contributed by atoms with Gasteiger partial charge in [-0.15, -0.1) is 12.4 Å². The molecule has 0 unspecified atom stereocenters. The van der Waals surface area contributed by atoms with Crippen molar-refractivity contribution in [1.29, 1.82) is 0 Å². The number of sulfonamides is 1. The topological polar surface area (TPSA) is 81.2 Å². The van der Waals surface area contributed by atoms with Crippen LogP contribution in [0.25, 0.3) is 0 Å². The predicted octanol–water partition coefficient (Wildman–Crippen LogP) is 1.10. The smallest absolute Gasteiger partial charge is 0.261 e. The van der Waals surface area contributed by atoms with Gasteiger partial charge in [-0.1, -0.05) is 25.4 Å². The summed E-state index contributed by atoms with van der Waals surface area (Å²) in [4.78, 5) is 0. The molecule has 0 bridgehead atoms. The fourth-order valence-electron chi connectivity index (χ4n) is 1.59. The van der Waals surface area contributed by atoms with E-state index in [2.05, 4.69) is 5.10 Å². The molecule has 0 aliphatic carbocycles. The van der Waals surface area contributed by atoms with Crippen molar-refractivity contribution in [3.63, 3.8) is 0 Å². The summed E-state index contributed by atoms with van der Waals surface area (Å²) in [6.45, 7) is 4.52. The number of aromatic nitrogens is 2. The summed E-state index contributed by atoms with van der Waals surface area (Å²) in [5.41, 5.74) is 5.31. The van der Waals surface area contributed by atoms with Crippen LogP contribution in [0, 0.1) is 5.41 Å². The zero-order valence-corrected chi connectivity index (χ0v) is 13.8. The highest BCUT2D eigenvalue weighted by molar-refractivity contribution is 7.89. The molecule has 0 aliphatic rings. The first kappa shape index (κ1) is 18.7. The molecule has 0 aliphatic heterocycles. The lowest BCUT2D eigenvalue weighted by molar-refractivity contribution is 0.290. The Morgan fingerprint density at radius 1 is 1.53 bits per heavy atom. The van der Waals surface area contributed by atoms with E-state index in [4.69, 9.17) is 17.3 Å². The summed E-state index contributed by atoms with van der Waals surface area (Å²) in [6.07, 6.45) is 1.32. The van der Waals surface area contributed by atoms with Crippen molar-refractivity contribution < 1.29 is 8.42 Å². The molecule has 6 nitrogen and oxygen atoms in total. The third kappa shape index (κ3) is 4.06. The van der Waals surface area contributed by atoms with Crippen LogP contribution in [0.2, 0.25) is 5.02 Å². The van der Waals surface area contributed by atoms with Crippen molar-refractivity contribution in [2.75, 3.05) is 20.1 Å². The Kier molecular flexibility index (Phi) is 6.29. The Morgan fingerprint density at radius 2 is 2.05 bits per heavy atom. The summed E-state index contributed by atoms with van der Waals surface area (Å²) in [5.74, 6) is 0. The molecule has 0 fully saturated rings. The summed E-state index contributed by atoms with van der Waals surface area (Å²) >= 11 is 5.86. The summed E-state index contributed by atoms with van der Waals surface area (Å²) < 4.78 is 27.2. The molecule has 1 heterocycles.